The lowest BCUT2D eigenvalue weighted by Crippen LogP contribution is -2.69. The van der Waals surface area contributed by atoms with E-state index in [4.69, 9.17) is 42.6 Å². The quantitative estimate of drug-likeness (QED) is 0.0723. The van der Waals surface area contributed by atoms with Gasteiger partial charge in [0.1, 0.15) is 67.0 Å². The van der Waals surface area contributed by atoms with Gasteiger partial charge >= 0.3 is 0 Å². The molecule has 5 N–H and O–H groups in total. The molecule has 2 fully saturated rings. The molecule has 358 valence electrons. The van der Waals surface area contributed by atoms with Crippen molar-refractivity contribution in [3.63, 3.8) is 0 Å². The lowest BCUT2D eigenvalue weighted by atomic mass is 9.93. The maximum atomic E-state index is 12.2. The van der Waals surface area contributed by atoms with Gasteiger partial charge in [-0.3, -0.25) is 0 Å². The highest BCUT2D eigenvalue weighted by Crippen LogP contribution is 2.46. The van der Waals surface area contributed by atoms with Crippen LogP contribution in [0.25, 0.3) is 10.8 Å². The van der Waals surface area contributed by atoms with Gasteiger partial charge in [-0.15, -0.1) is 0 Å². The smallest absolute Gasteiger partial charge is 0.219 e. The monoisotopic (exact) mass is 931 g/mol. The van der Waals surface area contributed by atoms with Crippen LogP contribution >= 0.6 is 0 Å². The molecule has 15 nitrogen and oxygen atoms in total. The largest absolute Gasteiger partial charge is 0.497 e. The van der Waals surface area contributed by atoms with Gasteiger partial charge in [0.2, 0.25) is 6.29 Å². The van der Waals surface area contributed by atoms with Gasteiger partial charge in [0.25, 0.3) is 0 Å². The van der Waals surface area contributed by atoms with Crippen molar-refractivity contribution < 1.29 is 68.2 Å². The molecule has 68 heavy (non-hydrogen) atoms. The summed E-state index contributed by atoms with van der Waals surface area (Å²) < 4.78 is 57.6. The second kappa shape index (κ2) is 21.9. The van der Waals surface area contributed by atoms with E-state index >= 15 is 0 Å². The van der Waals surface area contributed by atoms with Gasteiger partial charge < -0.3 is 68.2 Å². The van der Waals surface area contributed by atoms with Crippen LogP contribution in [0.2, 0.25) is 0 Å². The van der Waals surface area contributed by atoms with Crippen LogP contribution in [0.4, 0.5) is 0 Å². The second-order valence-corrected chi connectivity index (χ2v) is 17.0. The minimum absolute atomic E-state index is 0.0149. The fourth-order valence-corrected chi connectivity index (χ4v) is 9.22. The number of hydrogen-bond donors (Lipinski definition) is 5. The zero-order chi connectivity index (χ0) is 47.1. The number of fused-ring (bicyclic) bond motifs is 2. The average Bonchev–Trinajstić information content (AvgIpc) is 3.63. The number of ether oxygens (including phenoxy) is 9. The molecule has 2 unspecified atom stereocenters. The zero-order valence-corrected chi connectivity index (χ0v) is 37.7. The lowest BCUT2D eigenvalue weighted by Gasteiger charge is -2.51. The molecule has 0 saturated carbocycles. The van der Waals surface area contributed by atoms with Crippen molar-refractivity contribution in [3.05, 3.63) is 173 Å². The Labute approximate surface area is 394 Å². The highest BCUT2D eigenvalue weighted by molar-refractivity contribution is 5.82. The molecule has 0 radical (unpaired) electrons. The summed E-state index contributed by atoms with van der Waals surface area (Å²) in [5.41, 5.74) is 3.42. The Hall–Kier alpha value is -5.50. The molecule has 2 saturated heterocycles. The van der Waals surface area contributed by atoms with Gasteiger partial charge in [-0.25, -0.2) is 4.90 Å². The topological polar surface area (TPSA) is 187 Å². The summed E-state index contributed by atoms with van der Waals surface area (Å²) >= 11 is 0. The summed E-state index contributed by atoms with van der Waals surface area (Å²) in [6.45, 7) is -0.515. The predicted molar refractivity (Wildman–Crippen MR) is 247 cm³/mol. The van der Waals surface area contributed by atoms with Gasteiger partial charge in [-0.2, -0.15) is 0 Å². The van der Waals surface area contributed by atoms with Crippen molar-refractivity contribution >= 4 is 10.8 Å². The van der Waals surface area contributed by atoms with Gasteiger partial charge in [-0.05, 0) is 45.7 Å². The third kappa shape index (κ3) is 10.3. The first kappa shape index (κ1) is 47.6. The Kier molecular flexibility index (Phi) is 15.3. The van der Waals surface area contributed by atoms with E-state index in [-0.39, 0.29) is 32.2 Å². The van der Waals surface area contributed by atoms with Crippen molar-refractivity contribution in [1.29, 1.82) is 0 Å². The van der Waals surface area contributed by atoms with Crippen LogP contribution in [0, 0.1) is 0 Å². The first-order chi connectivity index (χ1) is 33.2. The van der Waals surface area contributed by atoms with Crippen LogP contribution in [0.5, 0.6) is 17.2 Å². The van der Waals surface area contributed by atoms with Crippen LogP contribution < -0.4 is 14.2 Å². The van der Waals surface area contributed by atoms with Crippen LogP contribution in [-0.4, -0.2) is 119 Å². The Bertz CT molecular complexity index is 2520. The molecule has 0 aromatic heterocycles. The summed E-state index contributed by atoms with van der Waals surface area (Å²) in [5.74, 6) is 1.08. The van der Waals surface area contributed by atoms with E-state index in [0.717, 1.165) is 27.5 Å². The first-order valence-corrected chi connectivity index (χ1v) is 22.7. The number of aliphatic hydroxyl groups excluding tert-OH is 5. The second-order valence-electron chi connectivity index (χ2n) is 17.0. The van der Waals surface area contributed by atoms with Crippen LogP contribution in [0.1, 0.15) is 40.3 Å². The summed E-state index contributed by atoms with van der Waals surface area (Å²) in [4.78, 5) is 1.45. The number of rotatable bonds is 18. The molecule has 0 amide bonds. The summed E-state index contributed by atoms with van der Waals surface area (Å²) in [5, 5.41) is 60.7. The van der Waals surface area contributed by atoms with Crippen molar-refractivity contribution in [2.45, 2.75) is 93.6 Å². The van der Waals surface area contributed by atoms with Gasteiger partial charge in [0.05, 0.1) is 47.3 Å². The summed E-state index contributed by atoms with van der Waals surface area (Å²) in [6.07, 6.45) is -14.7. The number of methoxy groups -OCH3 is 2. The van der Waals surface area contributed by atoms with Gasteiger partial charge in [0.15, 0.2) is 17.8 Å². The fraction of sp³-hybridized carbons (Fsp3) is 0.358. The molecular formula is C53H57NO14. The van der Waals surface area contributed by atoms with Crippen LogP contribution in [0.3, 0.4) is 0 Å². The summed E-state index contributed by atoms with van der Waals surface area (Å²) in [7, 11) is 3.03. The van der Waals surface area contributed by atoms with E-state index in [0.29, 0.717) is 22.6 Å². The van der Waals surface area contributed by atoms with Crippen LogP contribution in [-0.2, 0) is 48.2 Å². The molecule has 9 rings (SSSR count). The van der Waals surface area contributed by atoms with Crippen LogP contribution in [0.15, 0.2) is 146 Å². The Balaban J connectivity index is 1.11. The first-order valence-electron chi connectivity index (χ1n) is 22.7. The Morgan fingerprint density at radius 1 is 0.529 bits per heavy atom. The van der Waals surface area contributed by atoms with Crippen molar-refractivity contribution in [2.24, 2.45) is 0 Å². The lowest BCUT2D eigenvalue weighted by molar-refractivity contribution is -0.361. The third-order valence-corrected chi connectivity index (χ3v) is 12.7. The molecule has 12 atom stereocenters. The normalized spacial score (nSPS) is 28.3. The number of benzene rings is 6. The molecule has 15 heteroatoms. The molecule has 6 aromatic carbocycles. The standard InChI is InChI=1S/C53H57NO14/c1-60-37-23-24-40(41(26-37)61-2)65-52-44(54-50(58)38-19-11-12-20-39(38)51(54)59)48(63-29-33-15-7-4-8-16-33)47(43(67-52)31-62-28-32-13-5-3-6-14-32)68-53-46(57)49(45(56)42(27-55)66-53)64-30-34-21-22-35-17-9-10-18-36(35)25-34/h3-26,42-53,55-59H,27-31H2,1-2H3/t42-,43-,44-,45-,46-,47-,48-,49+,50?,51?,52-,53+/m0/s1. The minimum atomic E-state index is -1.61. The molecular weight excluding hydrogens is 875 g/mol. The fourth-order valence-electron chi connectivity index (χ4n) is 9.22. The third-order valence-electron chi connectivity index (χ3n) is 12.7. The number of aliphatic hydroxyl groups is 5. The van der Waals surface area contributed by atoms with E-state index in [1.54, 1.807) is 42.5 Å². The van der Waals surface area contributed by atoms with E-state index in [9.17, 15) is 25.5 Å². The van der Waals surface area contributed by atoms with E-state index in [1.165, 1.54) is 19.1 Å². The minimum Gasteiger partial charge on any atom is -0.497 e. The maximum Gasteiger partial charge on any atom is 0.219 e. The Morgan fingerprint density at radius 3 is 1.82 bits per heavy atom. The molecule has 3 aliphatic rings. The van der Waals surface area contributed by atoms with E-state index in [1.807, 2.05) is 103 Å². The predicted octanol–water partition coefficient (Wildman–Crippen LogP) is 5.54. The highest BCUT2D eigenvalue weighted by Gasteiger charge is 2.58. The zero-order valence-electron chi connectivity index (χ0n) is 37.7. The van der Waals surface area contributed by atoms with Crippen molar-refractivity contribution in [1.82, 2.24) is 4.90 Å². The number of nitrogens with zero attached hydrogens (tertiary/aromatic N) is 1. The van der Waals surface area contributed by atoms with Crippen molar-refractivity contribution in [3.8, 4) is 17.2 Å². The van der Waals surface area contributed by atoms with E-state index < -0.39 is 80.4 Å². The maximum absolute atomic E-state index is 12.2. The molecule has 0 bridgehead atoms. The molecule has 3 heterocycles. The highest BCUT2D eigenvalue weighted by atomic mass is 16.7. The average molecular weight is 932 g/mol. The molecule has 3 aliphatic heterocycles. The van der Waals surface area contributed by atoms with Gasteiger partial charge in [-0.1, -0.05) is 121 Å². The molecule has 0 spiro atoms. The number of hydrogen-bond acceptors (Lipinski definition) is 15. The van der Waals surface area contributed by atoms with Gasteiger partial charge in [0, 0.05) is 17.2 Å². The SMILES string of the molecule is COc1ccc(O[C@H]2O[C@@H](COCc3ccccc3)[C@H](O[C@H]3O[C@@H](CO)[C@H](O)[C@@H](OCc4ccc5ccccc5c4)[C@@H]3O)[C@@H](OCc3ccccc3)[C@@H]2N2C(O)c3ccccc3C2O)c(OC)c1. The van der Waals surface area contributed by atoms with Crippen molar-refractivity contribution in [2.75, 3.05) is 27.4 Å². The Morgan fingerprint density at radius 2 is 1.15 bits per heavy atom. The molecule has 0 aliphatic carbocycles. The van der Waals surface area contributed by atoms with E-state index in [2.05, 4.69) is 0 Å². The summed E-state index contributed by atoms with van der Waals surface area (Å²) in [6, 6.07) is 43.6. The molecule has 6 aromatic rings.